The van der Waals surface area contributed by atoms with Crippen molar-refractivity contribution in [2.45, 2.75) is 31.8 Å². The molecule has 6 rings (SSSR count). The van der Waals surface area contributed by atoms with Crippen molar-refractivity contribution in [3.63, 3.8) is 0 Å². The van der Waals surface area contributed by atoms with Crippen molar-refractivity contribution in [3.05, 3.63) is 60.0 Å². The lowest BCUT2D eigenvalue weighted by Gasteiger charge is -2.23. The van der Waals surface area contributed by atoms with Gasteiger partial charge in [-0.25, -0.2) is 9.97 Å². The standard InChI is InChI=1S/C22H25N5O.2ClH/c28-22(27-13-17-6-7-19(14-27)23-11-17)18-10-20-21(24-12-18)26(15-25-20)9-8-16-4-2-1-3-5-16;;/h1-5,10,12,15,17,19,23H,6-9,11,13-14H2;2*1H/t17-,19-;;/m0../s1. The van der Waals surface area contributed by atoms with Gasteiger partial charge in [0.25, 0.3) is 5.91 Å². The van der Waals surface area contributed by atoms with Crippen molar-refractivity contribution in [2.24, 2.45) is 5.92 Å². The Balaban J connectivity index is 0.00000128. The molecule has 2 aromatic heterocycles. The number of carbonyl (C=O) groups excluding carboxylic acids is 1. The normalized spacial score (nSPS) is 20.3. The van der Waals surface area contributed by atoms with E-state index in [4.69, 9.17) is 0 Å². The maximum absolute atomic E-state index is 13.1. The van der Waals surface area contributed by atoms with Crippen LogP contribution in [-0.2, 0) is 13.0 Å². The topological polar surface area (TPSA) is 63.1 Å². The van der Waals surface area contributed by atoms with Crippen LogP contribution in [0.3, 0.4) is 0 Å². The highest BCUT2D eigenvalue weighted by Crippen LogP contribution is 2.23. The first-order chi connectivity index (χ1) is 13.8. The number of benzene rings is 1. The van der Waals surface area contributed by atoms with Gasteiger partial charge in [0.1, 0.15) is 5.52 Å². The third kappa shape index (κ3) is 4.61. The summed E-state index contributed by atoms with van der Waals surface area (Å²) in [7, 11) is 0. The van der Waals surface area contributed by atoms with Crippen molar-refractivity contribution in [2.75, 3.05) is 19.6 Å². The van der Waals surface area contributed by atoms with E-state index in [-0.39, 0.29) is 30.7 Å². The number of aryl methyl sites for hydroxylation is 2. The molecule has 0 unspecified atom stereocenters. The second-order valence-electron chi connectivity index (χ2n) is 8.00. The fourth-order valence-electron chi connectivity index (χ4n) is 4.41. The summed E-state index contributed by atoms with van der Waals surface area (Å²) in [6.07, 6.45) is 6.84. The summed E-state index contributed by atoms with van der Waals surface area (Å²) in [6.45, 7) is 3.48. The molecule has 3 aliphatic rings. The molecule has 1 N–H and O–H groups in total. The van der Waals surface area contributed by atoms with Crippen LogP contribution in [0.2, 0.25) is 0 Å². The maximum atomic E-state index is 13.1. The van der Waals surface area contributed by atoms with Gasteiger partial charge >= 0.3 is 0 Å². The molecule has 3 saturated heterocycles. The Bertz CT molecular complexity index is 972. The predicted molar refractivity (Wildman–Crippen MR) is 123 cm³/mol. The summed E-state index contributed by atoms with van der Waals surface area (Å²) < 4.78 is 2.06. The largest absolute Gasteiger partial charge is 0.337 e. The third-order valence-corrected chi connectivity index (χ3v) is 6.01. The average molecular weight is 448 g/mol. The molecule has 2 atom stereocenters. The molecule has 8 heteroatoms. The maximum Gasteiger partial charge on any atom is 0.255 e. The number of piperidine rings is 1. The smallest absolute Gasteiger partial charge is 0.255 e. The van der Waals surface area contributed by atoms with Gasteiger partial charge in [0.05, 0.1) is 11.9 Å². The van der Waals surface area contributed by atoms with Crippen molar-refractivity contribution < 1.29 is 4.79 Å². The van der Waals surface area contributed by atoms with Crippen LogP contribution in [0.25, 0.3) is 11.2 Å². The number of carbonyl (C=O) groups is 1. The summed E-state index contributed by atoms with van der Waals surface area (Å²) in [5, 5.41) is 3.55. The van der Waals surface area contributed by atoms with Crippen molar-refractivity contribution in [1.82, 2.24) is 24.8 Å². The summed E-state index contributed by atoms with van der Waals surface area (Å²) in [5.41, 5.74) is 3.56. The third-order valence-electron chi connectivity index (χ3n) is 6.01. The number of aromatic nitrogens is 3. The van der Waals surface area contributed by atoms with Crippen LogP contribution in [0.1, 0.15) is 28.8 Å². The van der Waals surface area contributed by atoms with Crippen LogP contribution in [-0.4, -0.2) is 51.0 Å². The molecule has 0 saturated carbocycles. The Labute approximate surface area is 188 Å². The first-order valence-corrected chi connectivity index (χ1v) is 10.1. The highest BCUT2D eigenvalue weighted by Gasteiger charge is 2.31. The van der Waals surface area contributed by atoms with Crippen molar-refractivity contribution in [3.8, 4) is 0 Å². The van der Waals surface area contributed by atoms with E-state index in [0.717, 1.165) is 50.2 Å². The number of nitrogens with one attached hydrogen (secondary N) is 1. The van der Waals surface area contributed by atoms with E-state index < -0.39 is 0 Å². The van der Waals surface area contributed by atoms with Gasteiger partial charge in [0, 0.05) is 31.9 Å². The molecular formula is C22H27Cl2N5O. The SMILES string of the molecule is Cl.Cl.O=C(c1cnc2c(c1)ncn2CCc1ccccc1)N1C[C@H]2CC[C@@H](C1)NC2. The Morgan fingerprint density at radius 2 is 1.93 bits per heavy atom. The van der Waals surface area contributed by atoms with Gasteiger partial charge in [-0.2, -0.15) is 0 Å². The predicted octanol–water partition coefficient (Wildman–Crippen LogP) is 3.34. The molecular weight excluding hydrogens is 421 g/mol. The number of rotatable bonds is 4. The average Bonchev–Trinajstić information content (AvgIpc) is 2.90. The Hall–Kier alpha value is -2.15. The zero-order valence-electron chi connectivity index (χ0n) is 16.7. The fraction of sp³-hybridized carbons (Fsp3) is 0.409. The summed E-state index contributed by atoms with van der Waals surface area (Å²) in [5.74, 6) is 0.644. The van der Waals surface area contributed by atoms with Gasteiger partial charge < -0.3 is 14.8 Å². The zero-order valence-corrected chi connectivity index (χ0v) is 18.4. The van der Waals surface area contributed by atoms with Crippen LogP contribution < -0.4 is 5.32 Å². The van der Waals surface area contributed by atoms with Gasteiger partial charge in [0.2, 0.25) is 0 Å². The van der Waals surface area contributed by atoms with E-state index >= 15 is 0 Å². The fourth-order valence-corrected chi connectivity index (χ4v) is 4.41. The molecule has 0 aliphatic carbocycles. The molecule has 0 spiro atoms. The summed E-state index contributed by atoms with van der Waals surface area (Å²) >= 11 is 0. The molecule has 3 fully saturated rings. The molecule has 3 aliphatic heterocycles. The molecule has 5 heterocycles. The number of nitrogens with zero attached hydrogens (tertiary/aromatic N) is 4. The van der Waals surface area contributed by atoms with E-state index in [2.05, 4.69) is 44.1 Å². The Morgan fingerprint density at radius 1 is 1.10 bits per heavy atom. The van der Waals surface area contributed by atoms with E-state index in [1.54, 1.807) is 6.20 Å². The molecule has 3 aromatic rings. The van der Waals surface area contributed by atoms with Gasteiger partial charge in [0.15, 0.2) is 5.65 Å². The van der Waals surface area contributed by atoms with Crippen molar-refractivity contribution >= 4 is 41.9 Å². The number of hydrogen-bond acceptors (Lipinski definition) is 4. The summed E-state index contributed by atoms with van der Waals surface area (Å²) in [6, 6.07) is 12.7. The molecule has 6 nitrogen and oxygen atoms in total. The molecule has 2 bridgehead atoms. The molecule has 0 radical (unpaired) electrons. The minimum atomic E-state index is 0. The van der Waals surface area contributed by atoms with Gasteiger partial charge in [-0.3, -0.25) is 4.79 Å². The highest BCUT2D eigenvalue weighted by atomic mass is 35.5. The minimum absolute atomic E-state index is 0. The minimum Gasteiger partial charge on any atom is -0.337 e. The van der Waals surface area contributed by atoms with Crippen molar-refractivity contribution in [1.29, 1.82) is 0 Å². The monoisotopic (exact) mass is 447 g/mol. The number of amides is 1. The lowest BCUT2D eigenvalue weighted by molar-refractivity contribution is 0.0748. The first-order valence-electron chi connectivity index (χ1n) is 10.1. The van der Waals surface area contributed by atoms with E-state index in [1.165, 1.54) is 12.0 Å². The quantitative estimate of drug-likeness (QED) is 0.665. The number of pyridine rings is 1. The zero-order chi connectivity index (χ0) is 18.9. The first kappa shape index (κ1) is 22.5. The number of hydrogen-bond donors (Lipinski definition) is 1. The second-order valence-corrected chi connectivity index (χ2v) is 8.00. The van der Waals surface area contributed by atoms with Crippen LogP contribution in [0.5, 0.6) is 0 Å². The molecule has 1 aromatic carbocycles. The molecule has 1 amide bonds. The number of imidazole rings is 1. The van der Waals surface area contributed by atoms with Crippen LogP contribution in [0, 0.1) is 5.92 Å². The van der Waals surface area contributed by atoms with Crippen LogP contribution in [0.15, 0.2) is 48.9 Å². The van der Waals surface area contributed by atoms with E-state index in [0.29, 0.717) is 17.5 Å². The molecule has 30 heavy (non-hydrogen) atoms. The Morgan fingerprint density at radius 3 is 2.70 bits per heavy atom. The lowest BCUT2D eigenvalue weighted by Crippen LogP contribution is -2.40. The van der Waals surface area contributed by atoms with Crippen LogP contribution >= 0.6 is 24.8 Å². The van der Waals surface area contributed by atoms with E-state index in [1.807, 2.05) is 23.4 Å². The lowest BCUT2D eigenvalue weighted by atomic mass is 9.97. The number of halogens is 2. The van der Waals surface area contributed by atoms with Crippen LogP contribution in [0.4, 0.5) is 0 Å². The van der Waals surface area contributed by atoms with E-state index in [9.17, 15) is 4.79 Å². The van der Waals surface area contributed by atoms with Gasteiger partial charge in [-0.15, -0.1) is 24.8 Å². The van der Waals surface area contributed by atoms with Gasteiger partial charge in [-0.05, 0) is 43.4 Å². The second kappa shape index (κ2) is 9.77. The van der Waals surface area contributed by atoms with Gasteiger partial charge in [-0.1, -0.05) is 30.3 Å². The number of fused-ring (bicyclic) bond motifs is 5. The highest BCUT2D eigenvalue weighted by molar-refractivity contribution is 5.96. The Kier molecular flexibility index (Phi) is 7.34. The summed E-state index contributed by atoms with van der Waals surface area (Å²) in [4.78, 5) is 24.1. The molecule has 160 valence electrons.